The van der Waals surface area contributed by atoms with Crippen molar-refractivity contribution in [2.45, 2.75) is 45.9 Å². The molecule has 0 aliphatic carbocycles. The number of hydrogen-bond acceptors (Lipinski definition) is 7. The maximum Gasteiger partial charge on any atom is 0.246 e. The summed E-state index contributed by atoms with van der Waals surface area (Å²) in [4.78, 5) is 18.3. The van der Waals surface area contributed by atoms with E-state index in [2.05, 4.69) is 29.3 Å². The second kappa shape index (κ2) is 9.39. The van der Waals surface area contributed by atoms with Gasteiger partial charge >= 0.3 is 0 Å². The fourth-order valence-corrected chi connectivity index (χ4v) is 3.27. The number of rotatable bonds is 8. The molecule has 1 aromatic rings. The van der Waals surface area contributed by atoms with Crippen LogP contribution in [0.2, 0.25) is 0 Å². The fraction of sp³-hybridized carbons (Fsp3) is 0.812. The summed E-state index contributed by atoms with van der Waals surface area (Å²) < 4.78 is 10.9. The van der Waals surface area contributed by atoms with Gasteiger partial charge in [-0.15, -0.1) is 0 Å². The van der Waals surface area contributed by atoms with E-state index in [-0.39, 0.29) is 18.1 Å². The highest BCUT2D eigenvalue weighted by molar-refractivity contribution is 7.99. The van der Waals surface area contributed by atoms with Crippen LogP contribution in [-0.2, 0) is 16.1 Å². The van der Waals surface area contributed by atoms with Crippen molar-refractivity contribution in [3.05, 3.63) is 11.7 Å². The van der Waals surface area contributed by atoms with Gasteiger partial charge in [0, 0.05) is 44.2 Å². The van der Waals surface area contributed by atoms with Crippen LogP contribution in [0.5, 0.6) is 0 Å². The van der Waals surface area contributed by atoms with E-state index in [0.29, 0.717) is 37.2 Å². The summed E-state index contributed by atoms with van der Waals surface area (Å²) in [6.07, 6.45) is 0.285. The summed E-state index contributed by atoms with van der Waals surface area (Å²) >= 11 is 1.89. The van der Waals surface area contributed by atoms with Crippen molar-refractivity contribution < 1.29 is 14.1 Å². The SMILES string of the molecule is CC(C)COC(C)c1noc(CN(C)C(=O)CC2CSCCN2)n1. The summed E-state index contributed by atoms with van der Waals surface area (Å²) in [5.41, 5.74) is 0. The van der Waals surface area contributed by atoms with Gasteiger partial charge in [-0.1, -0.05) is 19.0 Å². The zero-order valence-corrected chi connectivity index (χ0v) is 15.8. The van der Waals surface area contributed by atoms with Crippen molar-refractivity contribution in [2.24, 2.45) is 5.92 Å². The van der Waals surface area contributed by atoms with Crippen molar-refractivity contribution >= 4 is 17.7 Å². The van der Waals surface area contributed by atoms with Crippen LogP contribution in [0.3, 0.4) is 0 Å². The Kier molecular flexibility index (Phi) is 7.51. The van der Waals surface area contributed by atoms with Crippen molar-refractivity contribution in [3.63, 3.8) is 0 Å². The van der Waals surface area contributed by atoms with E-state index in [1.165, 1.54) is 0 Å². The van der Waals surface area contributed by atoms with Gasteiger partial charge < -0.3 is 19.5 Å². The molecule has 1 aromatic heterocycles. The van der Waals surface area contributed by atoms with E-state index < -0.39 is 0 Å². The molecule has 2 atom stereocenters. The molecule has 2 unspecified atom stereocenters. The van der Waals surface area contributed by atoms with E-state index in [9.17, 15) is 4.79 Å². The predicted octanol–water partition coefficient (Wildman–Crippen LogP) is 1.86. The number of nitrogens with zero attached hydrogens (tertiary/aromatic N) is 3. The molecule has 24 heavy (non-hydrogen) atoms. The second-order valence-corrected chi connectivity index (χ2v) is 7.75. The highest BCUT2D eigenvalue weighted by Crippen LogP contribution is 2.16. The molecule has 0 bridgehead atoms. The molecule has 1 aliphatic heterocycles. The van der Waals surface area contributed by atoms with Crippen LogP contribution in [-0.4, -0.2) is 58.7 Å². The standard InChI is InChI=1S/C16H28N4O3S/c1-11(2)9-22-12(3)16-18-14(23-19-16)8-20(4)15(21)7-13-10-24-6-5-17-13/h11-13,17H,5-10H2,1-4H3. The predicted molar refractivity (Wildman–Crippen MR) is 93.7 cm³/mol. The molecule has 0 saturated carbocycles. The molecule has 8 heteroatoms. The van der Waals surface area contributed by atoms with E-state index in [4.69, 9.17) is 9.26 Å². The molecule has 0 aromatic carbocycles. The largest absolute Gasteiger partial charge is 0.370 e. The summed E-state index contributed by atoms with van der Waals surface area (Å²) in [5, 5.41) is 7.33. The van der Waals surface area contributed by atoms with Gasteiger partial charge in [0.2, 0.25) is 11.8 Å². The number of ether oxygens (including phenoxy) is 1. The first-order valence-electron chi connectivity index (χ1n) is 8.45. The van der Waals surface area contributed by atoms with Crippen LogP contribution >= 0.6 is 11.8 Å². The number of amides is 1. The molecule has 0 radical (unpaired) electrons. The average Bonchev–Trinajstić information content (AvgIpc) is 3.02. The van der Waals surface area contributed by atoms with Crippen LogP contribution in [0.1, 0.15) is 45.0 Å². The Labute approximate surface area is 147 Å². The molecule has 0 spiro atoms. The van der Waals surface area contributed by atoms with Gasteiger partial charge in [-0.3, -0.25) is 4.79 Å². The molecule has 7 nitrogen and oxygen atoms in total. The Hall–Kier alpha value is -1.12. The molecular weight excluding hydrogens is 328 g/mol. The van der Waals surface area contributed by atoms with E-state index >= 15 is 0 Å². The number of aromatic nitrogens is 2. The van der Waals surface area contributed by atoms with Gasteiger partial charge in [0.15, 0.2) is 5.82 Å². The minimum absolute atomic E-state index is 0.0823. The fourth-order valence-electron chi connectivity index (χ4n) is 2.32. The van der Waals surface area contributed by atoms with Crippen molar-refractivity contribution in [2.75, 3.05) is 31.7 Å². The summed E-state index contributed by atoms with van der Waals surface area (Å²) in [6, 6.07) is 0.251. The molecular formula is C16H28N4O3S. The Morgan fingerprint density at radius 2 is 2.29 bits per heavy atom. The summed E-state index contributed by atoms with van der Waals surface area (Å²) in [6.45, 7) is 8.02. The van der Waals surface area contributed by atoms with Crippen LogP contribution in [0.15, 0.2) is 4.52 Å². The number of thioether (sulfide) groups is 1. The van der Waals surface area contributed by atoms with Gasteiger partial charge in [0.25, 0.3) is 0 Å². The summed E-state index contributed by atoms with van der Waals surface area (Å²) in [7, 11) is 1.76. The Morgan fingerprint density at radius 1 is 1.50 bits per heavy atom. The second-order valence-electron chi connectivity index (χ2n) is 6.60. The molecule has 136 valence electrons. The molecule has 1 fully saturated rings. The monoisotopic (exact) mass is 356 g/mol. The first-order valence-corrected chi connectivity index (χ1v) is 9.60. The molecule has 1 amide bonds. The highest BCUT2D eigenvalue weighted by Gasteiger charge is 2.21. The maximum absolute atomic E-state index is 12.3. The highest BCUT2D eigenvalue weighted by atomic mass is 32.2. The van der Waals surface area contributed by atoms with Gasteiger partial charge in [-0.25, -0.2) is 0 Å². The number of carbonyl (C=O) groups excluding carboxylic acids is 1. The maximum atomic E-state index is 12.3. The Morgan fingerprint density at radius 3 is 2.96 bits per heavy atom. The van der Waals surface area contributed by atoms with Gasteiger partial charge in [-0.2, -0.15) is 16.7 Å². The average molecular weight is 356 g/mol. The van der Waals surface area contributed by atoms with Gasteiger partial charge in [-0.05, 0) is 12.8 Å². The van der Waals surface area contributed by atoms with Crippen LogP contribution in [0.25, 0.3) is 0 Å². The lowest BCUT2D eigenvalue weighted by Gasteiger charge is -2.24. The minimum atomic E-state index is -0.214. The third-order valence-electron chi connectivity index (χ3n) is 3.74. The Balaban J connectivity index is 1.80. The first-order chi connectivity index (χ1) is 11.5. The van der Waals surface area contributed by atoms with Crippen molar-refractivity contribution in [1.82, 2.24) is 20.4 Å². The van der Waals surface area contributed by atoms with E-state index in [0.717, 1.165) is 18.1 Å². The van der Waals surface area contributed by atoms with Crippen LogP contribution in [0.4, 0.5) is 0 Å². The van der Waals surface area contributed by atoms with Gasteiger partial charge in [0.05, 0.1) is 6.54 Å². The van der Waals surface area contributed by atoms with Crippen LogP contribution in [0, 0.1) is 5.92 Å². The topological polar surface area (TPSA) is 80.5 Å². The molecule has 2 heterocycles. The van der Waals surface area contributed by atoms with Crippen LogP contribution < -0.4 is 5.32 Å². The van der Waals surface area contributed by atoms with E-state index in [1.807, 2.05) is 18.7 Å². The molecule has 1 saturated heterocycles. The summed E-state index contributed by atoms with van der Waals surface area (Å²) in [5.74, 6) is 3.59. The quantitative estimate of drug-likeness (QED) is 0.761. The molecule has 2 rings (SSSR count). The number of nitrogens with one attached hydrogen (secondary N) is 1. The van der Waals surface area contributed by atoms with Gasteiger partial charge in [0.1, 0.15) is 6.10 Å². The first kappa shape index (κ1) is 19.2. The minimum Gasteiger partial charge on any atom is -0.370 e. The third kappa shape index (κ3) is 6.07. The lowest BCUT2D eigenvalue weighted by molar-refractivity contribution is -0.131. The van der Waals surface area contributed by atoms with Crippen molar-refractivity contribution in [3.8, 4) is 0 Å². The van der Waals surface area contributed by atoms with E-state index in [1.54, 1.807) is 11.9 Å². The number of hydrogen-bond donors (Lipinski definition) is 1. The van der Waals surface area contributed by atoms with Crippen molar-refractivity contribution in [1.29, 1.82) is 0 Å². The lowest BCUT2D eigenvalue weighted by Crippen LogP contribution is -2.41. The Bertz CT molecular complexity index is 517. The smallest absolute Gasteiger partial charge is 0.246 e. The molecule has 1 N–H and O–H groups in total. The normalized spacial score (nSPS) is 19.5. The zero-order chi connectivity index (χ0) is 17.5. The third-order valence-corrected chi connectivity index (χ3v) is 4.88. The zero-order valence-electron chi connectivity index (χ0n) is 14.9. The lowest BCUT2D eigenvalue weighted by atomic mass is 10.2. The molecule has 1 aliphatic rings. The number of carbonyl (C=O) groups is 1.